The van der Waals surface area contributed by atoms with Crippen molar-refractivity contribution in [1.82, 2.24) is 10.7 Å². The third-order valence-corrected chi connectivity index (χ3v) is 4.53. The Kier molecular flexibility index (Phi) is 6.28. The molecule has 0 radical (unpaired) electrons. The normalized spacial score (nSPS) is 11.0. The Bertz CT molecular complexity index is 754. The Morgan fingerprint density at radius 2 is 1.92 bits per heavy atom. The summed E-state index contributed by atoms with van der Waals surface area (Å²) in [7, 11) is 1.62. The summed E-state index contributed by atoms with van der Waals surface area (Å²) in [5.74, 6) is -0.139. The van der Waals surface area contributed by atoms with Crippen LogP contribution in [0.5, 0.6) is 5.75 Å². The van der Waals surface area contributed by atoms with Crippen molar-refractivity contribution in [2.45, 2.75) is 13.5 Å². The van der Waals surface area contributed by atoms with Crippen molar-refractivity contribution in [3.8, 4) is 5.75 Å². The first-order valence-corrected chi connectivity index (χ1v) is 8.26. The van der Waals surface area contributed by atoms with Crippen molar-refractivity contribution in [2.24, 2.45) is 5.10 Å². The maximum atomic E-state index is 10.9. The summed E-state index contributed by atoms with van der Waals surface area (Å²) in [6, 6.07) is 10.9. The van der Waals surface area contributed by atoms with Gasteiger partial charge >= 0.3 is 5.97 Å². The summed E-state index contributed by atoms with van der Waals surface area (Å²) < 4.78 is 5.11. The van der Waals surface area contributed by atoms with E-state index in [2.05, 4.69) is 15.8 Å². The highest BCUT2D eigenvalue weighted by atomic mass is 32.1. The number of carboxylic acids is 1. The molecule has 0 bridgehead atoms. The van der Waals surface area contributed by atoms with E-state index in [9.17, 15) is 4.79 Å². The fraction of sp³-hybridized carbons (Fsp3) is 0.188. The topological polar surface area (TPSA) is 83.0 Å². The zero-order valence-corrected chi connectivity index (χ0v) is 14.8. The van der Waals surface area contributed by atoms with E-state index in [1.54, 1.807) is 26.2 Å². The lowest BCUT2D eigenvalue weighted by molar-refractivity contribution is 0.0702. The number of ether oxygens (including phenoxy) is 1. The number of nitrogens with one attached hydrogen (secondary N) is 2. The van der Waals surface area contributed by atoms with Crippen LogP contribution in [0.3, 0.4) is 0 Å². The van der Waals surface area contributed by atoms with E-state index in [0.717, 1.165) is 16.2 Å². The molecule has 0 fully saturated rings. The molecule has 0 aliphatic carbocycles. The number of carbonyl (C=O) groups is 1. The fourth-order valence-electron chi connectivity index (χ4n) is 1.80. The van der Waals surface area contributed by atoms with Crippen LogP contribution in [0.15, 0.2) is 41.5 Å². The molecule has 0 unspecified atom stereocenters. The third kappa shape index (κ3) is 5.04. The molecule has 6 nitrogen and oxygen atoms in total. The van der Waals surface area contributed by atoms with E-state index >= 15 is 0 Å². The van der Waals surface area contributed by atoms with Gasteiger partial charge in [0.1, 0.15) is 10.6 Å². The molecule has 3 N–H and O–H groups in total. The highest BCUT2D eigenvalue weighted by molar-refractivity contribution is 7.80. The zero-order valence-electron chi connectivity index (χ0n) is 13.2. The number of nitrogens with zero attached hydrogens (tertiary/aromatic N) is 1. The third-order valence-electron chi connectivity index (χ3n) is 3.11. The number of thiophene rings is 1. The number of carboxylic acid groups (broad SMARTS) is 1. The Morgan fingerprint density at radius 3 is 2.50 bits per heavy atom. The lowest BCUT2D eigenvalue weighted by Crippen LogP contribution is -2.32. The number of thiocarbonyl (C=S) groups is 1. The number of hydrogen-bond acceptors (Lipinski definition) is 5. The molecule has 2 rings (SSSR count). The second kappa shape index (κ2) is 8.42. The zero-order chi connectivity index (χ0) is 17.5. The first kappa shape index (κ1) is 17.9. The highest BCUT2D eigenvalue weighted by Crippen LogP contribution is 2.17. The summed E-state index contributed by atoms with van der Waals surface area (Å²) in [6.45, 7) is 2.35. The van der Waals surface area contributed by atoms with Crippen LogP contribution in [0.4, 0.5) is 0 Å². The van der Waals surface area contributed by atoms with Crippen LogP contribution in [-0.4, -0.2) is 29.0 Å². The fourth-order valence-corrected chi connectivity index (χ4v) is 2.71. The van der Waals surface area contributed by atoms with Crippen LogP contribution in [0.25, 0.3) is 0 Å². The van der Waals surface area contributed by atoms with Crippen molar-refractivity contribution in [3.63, 3.8) is 0 Å². The second-order valence-corrected chi connectivity index (χ2v) is 6.30. The number of methoxy groups -OCH3 is 1. The van der Waals surface area contributed by atoms with Gasteiger partial charge in [-0.3, -0.25) is 5.43 Å². The summed E-state index contributed by atoms with van der Waals surface area (Å²) in [4.78, 5) is 11.9. The quantitative estimate of drug-likeness (QED) is 0.416. The average Bonchev–Trinajstić information content (AvgIpc) is 3.08. The van der Waals surface area contributed by atoms with Gasteiger partial charge in [-0.2, -0.15) is 5.10 Å². The van der Waals surface area contributed by atoms with E-state index in [1.165, 1.54) is 11.3 Å². The Labute approximate surface area is 149 Å². The van der Waals surface area contributed by atoms with Gasteiger partial charge in [0.25, 0.3) is 0 Å². The Morgan fingerprint density at radius 1 is 1.25 bits per heavy atom. The first-order valence-electron chi connectivity index (χ1n) is 7.04. The first-order chi connectivity index (χ1) is 11.5. The molecule has 0 amide bonds. The molecule has 0 aliphatic heterocycles. The molecule has 0 aliphatic rings. The van der Waals surface area contributed by atoms with Gasteiger partial charge in [0.2, 0.25) is 0 Å². The molecule has 0 atom stereocenters. The summed E-state index contributed by atoms with van der Waals surface area (Å²) in [5, 5.41) is 16.5. The lowest BCUT2D eigenvalue weighted by atomic mass is 10.2. The van der Waals surface area contributed by atoms with Gasteiger partial charge in [-0.25, -0.2) is 4.79 Å². The summed E-state index contributed by atoms with van der Waals surface area (Å²) in [5.41, 5.74) is 4.48. The van der Waals surface area contributed by atoms with Crippen LogP contribution >= 0.6 is 23.6 Å². The number of aromatic carboxylic acids is 1. The van der Waals surface area contributed by atoms with Gasteiger partial charge in [-0.1, -0.05) is 12.1 Å². The largest absolute Gasteiger partial charge is 0.497 e. The van der Waals surface area contributed by atoms with Gasteiger partial charge in [0.05, 0.1) is 17.7 Å². The predicted octanol–water partition coefficient (Wildman–Crippen LogP) is 2.84. The minimum absolute atomic E-state index is 0.278. The molecule has 0 saturated heterocycles. The van der Waals surface area contributed by atoms with Gasteiger partial charge < -0.3 is 15.2 Å². The van der Waals surface area contributed by atoms with Crippen LogP contribution in [-0.2, 0) is 6.54 Å². The van der Waals surface area contributed by atoms with Crippen molar-refractivity contribution in [2.75, 3.05) is 7.11 Å². The number of benzene rings is 1. The van der Waals surface area contributed by atoms with Crippen LogP contribution in [0.1, 0.15) is 27.0 Å². The van der Waals surface area contributed by atoms with Gasteiger partial charge in [0, 0.05) is 6.54 Å². The molecule has 1 aromatic heterocycles. The lowest BCUT2D eigenvalue weighted by Gasteiger charge is -2.08. The molecular weight excluding hydrogens is 346 g/mol. The van der Waals surface area contributed by atoms with Gasteiger partial charge in [-0.05, 0) is 49.0 Å². The van der Waals surface area contributed by atoms with E-state index in [1.807, 2.05) is 24.3 Å². The van der Waals surface area contributed by atoms with Crippen LogP contribution < -0.4 is 15.5 Å². The van der Waals surface area contributed by atoms with Crippen molar-refractivity contribution >= 4 is 40.3 Å². The van der Waals surface area contributed by atoms with E-state index in [4.69, 9.17) is 22.1 Å². The maximum Gasteiger partial charge on any atom is 0.345 e. The number of hydrogen-bond donors (Lipinski definition) is 3. The Hall–Kier alpha value is -2.45. The molecule has 8 heteroatoms. The van der Waals surface area contributed by atoms with Gasteiger partial charge in [-0.15, -0.1) is 11.3 Å². The summed E-state index contributed by atoms with van der Waals surface area (Å²) >= 11 is 6.34. The van der Waals surface area contributed by atoms with Gasteiger partial charge in [0.15, 0.2) is 5.11 Å². The van der Waals surface area contributed by atoms with Crippen molar-refractivity contribution in [3.05, 3.63) is 51.7 Å². The standard InChI is InChI=1S/C16H17N3O3S2/c1-10(13-7-8-14(24-13)15(20)21)18-19-16(23)17-9-11-3-5-12(22-2)6-4-11/h3-8H,9H2,1-2H3,(H,20,21)(H2,17,19,23)/b18-10-. The molecule has 24 heavy (non-hydrogen) atoms. The van der Waals surface area contributed by atoms with E-state index in [-0.39, 0.29) is 4.88 Å². The van der Waals surface area contributed by atoms with E-state index < -0.39 is 5.97 Å². The minimum Gasteiger partial charge on any atom is -0.497 e. The maximum absolute atomic E-state index is 10.9. The molecule has 1 heterocycles. The molecule has 0 spiro atoms. The minimum atomic E-state index is -0.941. The predicted molar refractivity (Wildman–Crippen MR) is 99.1 cm³/mol. The smallest absolute Gasteiger partial charge is 0.345 e. The monoisotopic (exact) mass is 363 g/mol. The van der Waals surface area contributed by atoms with E-state index in [0.29, 0.717) is 17.4 Å². The Balaban J connectivity index is 1.85. The van der Waals surface area contributed by atoms with Crippen LogP contribution in [0, 0.1) is 0 Å². The second-order valence-electron chi connectivity index (χ2n) is 4.81. The molecule has 2 aromatic rings. The van der Waals surface area contributed by atoms with Crippen LogP contribution in [0.2, 0.25) is 0 Å². The highest BCUT2D eigenvalue weighted by Gasteiger charge is 2.08. The summed E-state index contributed by atoms with van der Waals surface area (Å²) in [6.07, 6.45) is 0. The number of rotatable bonds is 6. The number of hydrazone groups is 1. The molecular formula is C16H17N3O3S2. The van der Waals surface area contributed by atoms with Crippen molar-refractivity contribution in [1.29, 1.82) is 0 Å². The molecule has 1 aromatic carbocycles. The van der Waals surface area contributed by atoms with Crippen molar-refractivity contribution < 1.29 is 14.6 Å². The molecule has 126 valence electrons. The average molecular weight is 363 g/mol. The molecule has 0 saturated carbocycles. The SMILES string of the molecule is COc1ccc(CNC(=S)N/N=C(/C)c2ccc(C(=O)O)s2)cc1.